The van der Waals surface area contributed by atoms with Crippen molar-refractivity contribution >= 4 is 44.7 Å². The molecule has 0 bridgehead atoms. The Hall–Kier alpha value is 0.140. The van der Waals surface area contributed by atoms with Crippen LogP contribution in [0, 0.1) is 0 Å². The second kappa shape index (κ2) is 9.11. The van der Waals surface area contributed by atoms with Gasteiger partial charge in [-0.05, 0) is 28.4 Å². The molecule has 102 valence electrons. The summed E-state index contributed by atoms with van der Waals surface area (Å²) in [4.78, 5) is 12.7. The molecule has 1 nitrogen and oxygen atoms in total. The van der Waals surface area contributed by atoms with Crippen molar-refractivity contribution in [2.24, 2.45) is 0 Å². The Kier molecular flexibility index (Phi) is 8.20. The lowest BCUT2D eigenvalue weighted by Gasteiger charge is -2.00. The van der Waals surface area contributed by atoms with Gasteiger partial charge in [-0.2, -0.15) is 0 Å². The van der Waals surface area contributed by atoms with Gasteiger partial charge in [0.2, 0.25) is 0 Å². The van der Waals surface area contributed by atoms with Crippen molar-refractivity contribution in [1.82, 2.24) is 0 Å². The number of halogens is 2. The molecule has 0 aliphatic rings. The highest BCUT2D eigenvalue weighted by atomic mass is 79.9. The van der Waals surface area contributed by atoms with E-state index < -0.39 is 0 Å². The van der Waals surface area contributed by atoms with Crippen LogP contribution in [0.2, 0.25) is 5.02 Å². The molecule has 0 aromatic carbocycles. The number of thiophene rings is 1. The predicted octanol–water partition coefficient (Wildman–Crippen LogP) is 6.49. The largest absolute Gasteiger partial charge is 0.293 e. The second-order valence-electron chi connectivity index (χ2n) is 4.53. The van der Waals surface area contributed by atoms with Crippen LogP contribution in [0.5, 0.6) is 0 Å². The molecule has 0 fully saturated rings. The Balaban J connectivity index is 2.14. The van der Waals surface area contributed by atoms with E-state index in [1.807, 2.05) is 0 Å². The van der Waals surface area contributed by atoms with Crippen LogP contribution in [0.25, 0.3) is 0 Å². The first-order chi connectivity index (χ1) is 8.65. The topological polar surface area (TPSA) is 17.1 Å². The van der Waals surface area contributed by atoms with Crippen LogP contribution in [-0.4, -0.2) is 5.78 Å². The third kappa shape index (κ3) is 5.85. The molecule has 0 saturated heterocycles. The number of rotatable bonds is 9. The molecule has 0 spiro atoms. The lowest BCUT2D eigenvalue weighted by atomic mass is 10.1. The molecule has 1 aromatic heterocycles. The first-order valence-electron chi connectivity index (χ1n) is 6.63. The normalized spacial score (nSPS) is 10.8. The third-order valence-electron chi connectivity index (χ3n) is 2.93. The van der Waals surface area contributed by atoms with Gasteiger partial charge in [-0.3, -0.25) is 4.79 Å². The van der Waals surface area contributed by atoms with Gasteiger partial charge in [0.15, 0.2) is 5.78 Å². The van der Waals surface area contributed by atoms with E-state index in [9.17, 15) is 4.79 Å². The molecule has 4 heteroatoms. The summed E-state index contributed by atoms with van der Waals surface area (Å²) < 4.78 is 0.854. The molecule has 0 atom stereocenters. The summed E-state index contributed by atoms with van der Waals surface area (Å²) in [6, 6.07) is 1.76. The number of carbonyl (C=O) groups is 1. The fraction of sp³-hybridized carbons (Fsp3) is 0.643. The maximum Gasteiger partial charge on any atom is 0.172 e. The number of hydrogen-bond acceptors (Lipinski definition) is 2. The van der Waals surface area contributed by atoms with Crippen molar-refractivity contribution in [3.8, 4) is 0 Å². The van der Waals surface area contributed by atoms with Crippen molar-refractivity contribution in [3.05, 3.63) is 19.8 Å². The minimum Gasteiger partial charge on any atom is -0.293 e. The van der Waals surface area contributed by atoms with E-state index in [1.165, 1.54) is 43.4 Å². The Morgan fingerprint density at radius 1 is 1.22 bits per heavy atom. The highest BCUT2D eigenvalue weighted by Gasteiger charge is 2.11. The fourth-order valence-corrected chi connectivity index (χ4v) is 3.52. The average molecular weight is 352 g/mol. The van der Waals surface area contributed by atoms with Crippen LogP contribution < -0.4 is 0 Å². The zero-order valence-electron chi connectivity index (χ0n) is 10.8. The first kappa shape index (κ1) is 16.2. The van der Waals surface area contributed by atoms with E-state index in [0.29, 0.717) is 11.4 Å². The predicted molar refractivity (Wildman–Crippen MR) is 84.0 cm³/mol. The van der Waals surface area contributed by atoms with Gasteiger partial charge in [-0.15, -0.1) is 11.3 Å². The molecule has 0 aliphatic carbocycles. The third-order valence-corrected chi connectivity index (χ3v) is 5.44. The minimum atomic E-state index is 0.223. The highest BCUT2D eigenvalue weighted by Crippen LogP contribution is 2.32. The maximum absolute atomic E-state index is 11.9. The molecule has 1 heterocycles. The molecule has 0 unspecified atom stereocenters. The Labute approximate surface area is 127 Å². The molecular formula is C14H20BrClOS. The molecule has 0 aliphatic heterocycles. The van der Waals surface area contributed by atoms with Gasteiger partial charge in [0.25, 0.3) is 0 Å². The summed E-state index contributed by atoms with van der Waals surface area (Å²) in [5.74, 6) is 0.223. The summed E-state index contributed by atoms with van der Waals surface area (Å²) in [6.07, 6.45) is 9.32. The van der Waals surface area contributed by atoms with Gasteiger partial charge < -0.3 is 0 Å². The van der Waals surface area contributed by atoms with Crippen LogP contribution in [-0.2, 0) is 0 Å². The van der Waals surface area contributed by atoms with Crippen molar-refractivity contribution in [2.75, 3.05) is 0 Å². The van der Waals surface area contributed by atoms with E-state index in [2.05, 4.69) is 22.9 Å². The molecule has 0 amide bonds. The summed E-state index contributed by atoms with van der Waals surface area (Å²) in [5, 5.41) is 0.642. The van der Waals surface area contributed by atoms with Gasteiger partial charge in [0, 0.05) is 6.42 Å². The summed E-state index contributed by atoms with van der Waals surface area (Å²) in [5.41, 5.74) is 0. The molecular weight excluding hydrogens is 332 g/mol. The maximum atomic E-state index is 11.9. The molecule has 18 heavy (non-hydrogen) atoms. The van der Waals surface area contributed by atoms with E-state index in [4.69, 9.17) is 11.6 Å². The smallest absolute Gasteiger partial charge is 0.172 e. The van der Waals surface area contributed by atoms with Crippen molar-refractivity contribution < 1.29 is 4.79 Å². The van der Waals surface area contributed by atoms with Gasteiger partial charge in [0.05, 0.1) is 13.7 Å². The van der Waals surface area contributed by atoms with E-state index in [0.717, 1.165) is 21.5 Å². The Morgan fingerprint density at radius 2 is 1.83 bits per heavy atom. The molecule has 0 radical (unpaired) electrons. The standard InChI is InChI=1S/C14H20BrClOS/c1-2-3-4-5-6-7-8-9-12(17)13-10-11(16)14(15)18-13/h10H,2-9H2,1H3. The second-order valence-corrected chi connectivity index (χ2v) is 7.30. The van der Waals surface area contributed by atoms with Gasteiger partial charge in [-0.1, -0.05) is 57.0 Å². The van der Waals surface area contributed by atoms with E-state index >= 15 is 0 Å². The van der Waals surface area contributed by atoms with Crippen LogP contribution >= 0.6 is 38.9 Å². The van der Waals surface area contributed by atoms with Crippen molar-refractivity contribution in [3.63, 3.8) is 0 Å². The molecule has 0 N–H and O–H groups in total. The molecule has 1 aromatic rings. The fourth-order valence-electron chi connectivity index (χ4n) is 1.85. The SMILES string of the molecule is CCCCCCCCCC(=O)c1cc(Cl)c(Br)s1. The van der Waals surface area contributed by atoms with Gasteiger partial charge >= 0.3 is 0 Å². The highest BCUT2D eigenvalue weighted by molar-refractivity contribution is 9.11. The molecule has 1 rings (SSSR count). The van der Waals surface area contributed by atoms with Gasteiger partial charge in [0.1, 0.15) is 0 Å². The number of unbranched alkanes of at least 4 members (excludes halogenated alkanes) is 6. The summed E-state index contributed by atoms with van der Waals surface area (Å²) >= 11 is 10.7. The van der Waals surface area contributed by atoms with Crippen molar-refractivity contribution in [2.45, 2.75) is 58.3 Å². The quantitative estimate of drug-likeness (QED) is 0.367. The monoisotopic (exact) mass is 350 g/mol. The van der Waals surface area contributed by atoms with E-state index in [-0.39, 0.29) is 5.78 Å². The van der Waals surface area contributed by atoms with Crippen LogP contribution in [0.3, 0.4) is 0 Å². The van der Waals surface area contributed by atoms with Gasteiger partial charge in [-0.25, -0.2) is 0 Å². The minimum absolute atomic E-state index is 0.223. The summed E-state index contributed by atoms with van der Waals surface area (Å²) in [7, 11) is 0. The lowest BCUT2D eigenvalue weighted by molar-refractivity contribution is 0.0983. The Morgan fingerprint density at radius 3 is 2.39 bits per heavy atom. The molecule has 0 saturated carbocycles. The Bertz CT molecular complexity index is 356. The van der Waals surface area contributed by atoms with Crippen LogP contribution in [0.15, 0.2) is 9.85 Å². The van der Waals surface area contributed by atoms with E-state index in [1.54, 1.807) is 6.07 Å². The van der Waals surface area contributed by atoms with Crippen LogP contribution in [0.4, 0.5) is 0 Å². The zero-order valence-corrected chi connectivity index (χ0v) is 14.0. The first-order valence-corrected chi connectivity index (χ1v) is 8.62. The number of ketones is 1. The lowest BCUT2D eigenvalue weighted by Crippen LogP contribution is -1.95. The zero-order chi connectivity index (χ0) is 13.4. The number of carbonyl (C=O) groups excluding carboxylic acids is 1. The van der Waals surface area contributed by atoms with Crippen LogP contribution in [0.1, 0.15) is 68.0 Å². The number of Topliss-reactive ketones (excluding diaryl/α,β-unsaturated/α-hetero) is 1. The average Bonchev–Trinajstić information content (AvgIpc) is 2.68. The summed E-state index contributed by atoms with van der Waals surface area (Å²) in [6.45, 7) is 2.23. The number of hydrogen-bond donors (Lipinski definition) is 0. The van der Waals surface area contributed by atoms with Crippen molar-refractivity contribution in [1.29, 1.82) is 0 Å².